The van der Waals surface area contributed by atoms with Crippen molar-refractivity contribution in [2.75, 3.05) is 11.1 Å². The Bertz CT molecular complexity index is 1220. The highest BCUT2D eigenvalue weighted by atomic mass is 16.3. The molecule has 1 aliphatic rings. The average molecular weight is 417 g/mol. The van der Waals surface area contributed by atoms with Crippen LogP contribution < -0.4 is 11.1 Å². The number of aryl methyl sites for hydroxylation is 1. The number of hydrogen-bond acceptors (Lipinski definition) is 9. The minimum absolute atomic E-state index is 0.174. The number of rotatable bonds is 5. The Morgan fingerprint density at radius 3 is 2.71 bits per heavy atom. The molecule has 31 heavy (non-hydrogen) atoms. The van der Waals surface area contributed by atoms with Gasteiger partial charge >= 0.3 is 0 Å². The summed E-state index contributed by atoms with van der Waals surface area (Å²) < 4.78 is 1.60. The van der Waals surface area contributed by atoms with Gasteiger partial charge in [-0.05, 0) is 31.7 Å². The molecular weight excluding hydrogens is 394 g/mol. The molecule has 2 atom stereocenters. The molecule has 4 heterocycles. The topological polar surface area (TPSA) is 141 Å². The molecule has 10 nitrogen and oxygen atoms in total. The van der Waals surface area contributed by atoms with Crippen molar-refractivity contribution in [3.05, 3.63) is 42.7 Å². The molecular formula is C21H23N9O. The van der Waals surface area contributed by atoms with Crippen LogP contribution in [-0.2, 0) is 6.42 Å². The summed E-state index contributed by atoms with van der Waals surface area (Å²) in [5.74, 6) is 1.53. The van der Waals surface area contributed by atoms with E-state index in [9.17, 15) is 5.11 Å². The van der Waals surface area contributed by atoms with Gasteiger partial charge in [-0.15, -0.1) is 0 Å². The van der Waals surface area contributed by atoms with Gasteiger partial charge < -0.3 is 16.2 Å². The largest absolute Gasteiger partial charge is 0.393 e. The number of nitrogen functional groups attached to an aromatic ring is 1. The smallest absolute Gasteiger partial charge is 0.250 e. The van der Waals surface area contributed by atoms with Crippen LogP contribution in [0.3, 0.4) is 0 Å². The van der Waals surface area contributed by atoms with Crippen LogP contribution in [-0.4, -0.2) is 52.0 Å². The summed E-state index contributed by atoms with van der Waals surface area (Å²) in [6.07, 6.45) is 11.4. The fourth-order valence-corrected chi connectivity index (χ4v) is 3.93. The van der Waals surface area contributed by atoms with E-state index in [4.69, 9.17) is 15.7 Å². The summed E-state index contributed by atoms with van der Waals surface area (Å²) in [6.45, 7) is 2.03. The molecule has 0 radical (unpaired) electrons. The number of aliphatic hydroxyl groups is 1. The van der Waals surface area contributed by atoms with Crippen LogP contribution in [0.15, 0.2) is 37.1 Å². The van der Waals surface area contributed by atoms with Crippen LogP contribution in [0, 0.1) is 0 Å². The van der Waals surface area contributed by atoms with Crippen LogP contribution in [0.5, 0.6) is 0 Å². The van der Waals surface area contributed by atoms with Gasteiger partial charge in [-0.2, -0.15) is 5.10 Å². The molecule has 0 saturated heterocycles. The molecule has 4 N–H and O–H groups in total. The molecule has 0 aromatic carbocycles. The number of aliphatic hydroxyl groups excluding tert-OH is 1. The van der Waals surface area contributed by atoms with Gasteiger partial charge in [0.05, 0.1) is 18.0 Å². The Morgan fingerprint density at radius 2 is 1.97 bits per heavy atom. The predicted octanol–water partition coefficient (Wildman–Crippen LogP) is 2.14. The summed E-state index contributed by atoms with van der Waals surface area (Å²) in [7, 11) is 0. The molecule has 0 bridgehead atoms. The lowest BCUT2D eigenvalue weighted by Crippen LogP contribution is -2.19. The summed E-state index contributed by atoms with van der Waals surface area (Å²) >= 11 is 0. The third-order valence-electron chi connectivity index (χ3n) is 5.53. The summed E-state index contributed by atoms with van der Waals surface area (Å²) in [6, 6.07) is 1.93. The van der Waals surface area contributed by atoms with Crippen LogP contribution in [0.4, 0.5) is 11.6 Å². The van der Waals surface area contributed by atoms with Crippen LogP contribution in [0.1, 0.15) is 31.9 Å². The normalized spacial score (nSPS) is 18.5. The third-order valence-corrected chi connectivity index (χ3v) is 5.53. The first-order chi connectivity index (χ1) is 15.1. The number of fused-ring (bicyclic) bond motifs is 1. The third kappa shape index (κ3) is 3.66. The minimum Gasteiger partial charge on any atom is -0.393 e. The maximum Gasteiger partial charge on any atom is 0.250 e. The second kappa shape index (κ2) is 7.88. The van der Waals surface area contributed by atoms with E-state index >= 15 is 0 Å². The van der Waals surface area contributed by atoms with E-state index in [0.29, 0.717) is 35.6 Å². The van der Waals surface area contributed by atoms with Crippen molar-refractivity contribution in [2.24, 2.45) is 0 Å². The molecule has 1 fully saturated rings. The molecule has 1 aliphatic carbocycles. The Labute approximate surface area is 178 Å². The van der Waals surface area contributed by atoms with E-state index in [-0.39, 0.29) is 12.1 Å². The fourth-order valence-electron chi connectivity index (χ4n) is 3.93. The Hall–Kier alpha value is -3.66. The summed E-state index contributed by atoms with van der Waals surface area (Å²) in [5.41, 5.74) is 9.78. The highest BCUT2D eigenvalue weighted by Crippen LogP contribution is 2.31. The first-order valence-corrected chi connectivity index (χ1v) is 10.3. The van der Waals surface area contributed by atoms with Crippen molar-refractivity contribution in [1.29, 1.82) is 0 Å². The number of nitrogens with two attached hydrogens (primary N) is 1. The van der Waals surface area contributed by atoms with Crippen molar-refractivity contribution in [3.8, 4) is 17.1 Å². The van der Waals surface area contributed by atoms with E-state index < -0.39 is 0 Å². The highest BCUT2D eigenvalue weighted by molar-refractivity contribution is 5.96. The van der Waals surface area contributed by atoms with Crippen LogP contribution >= 0.6 is 0 Å². The lowest BCUT2D eigenvalue weighted by Gasteiger charge is -2.17. The monoisotopic (exact) mass is 417 g/mol. The van der Waals surface area contributed by atoms with E-state index in [2.05, 4.69) is 25.4 Å². The number of pyridine rings is 1. The van der Waals surface area contributed by atoms with Gasteiger partial charge in [0.25, 0.3) is 0 Å². The maximum absolute atomic E-state index is 9.88. The van der Waals surface area contributed by atoms with Crippen LogP contribution in [0.2, 0.25) is 0 Å². The van der Waals surface area contributed by atoms with E-state index in [0.717, 1.165) is 35.5 Å². The van der Waals surface area contributed by atoms with Crippen molar-refractivity contribution in [1.82, 2.24) is 34.7 Å². The lowest BCUT2D eigenvalue weighted by molar-refractivity contribution is 0.182. The van der Waals surface area contributed by atoms with Gasteiger partial charge in [-0.1, -0.05) is 6.92 Å². The Kier molecular flexibility index (Phi) is 4.91. The standard InChI is InChI=1S/C21H23N9O/c1-2-16-20(27-13-4-5-14(31)8-13)29-17-15(10-25-19(22)18(17)28-16)12-9-26-30(11-12)21-23-6-3-7-24-21/h3,6-7,9-11,13-14,31H,2,4-5,8H2,1H3,(H2,22,25)(H,27,29)/t13-,14+/m1/s1. The number of hydrogen-bond donors (Lipinski definition) is 3. The van der Waals surface area contributed by atoms with E-state index in [1.807, 2.05) is 13.1 Å². The zero-order chi connectivity index (χ0) is 21.4. The second-order valence-corrected chi connectivity index (χ2v) is 7.66. The molecule has 1 saturated carbocycles. The summed E-state index contributed by atoms with van der Waals surface area (Å²) in [4.78, 5) is 22.5. The number of nitrogens with zero attached hydrogens (tertiary/aromatic N) is 7. The van der Waals surface area contributed by atoms with Crippen LogP contribution in [0.25, 0.3) is 28.1 Å². The molecule has 0 unspecified atom stereocenters. The maximum atomic E-state index is 9.88. The van der Waals surface area contributed by atoms with E-state index in [1.165, 1.54) is 0 Å². The minimum atomic E-state index is -0.266. The first kappa shape index (κ1) is 19.3. The average Bonchev–Trinajstić information content (AvgIpc) is 3.44. The zero-order valence-electron chi connectivity index (χ0n) is 17.1. The number of anilines is 2. The molecule has 5 rings (SSSR count). The molecule has 10 heteroatoms. The number of aromatic nitrogens is 7. The number of nitrogens with one attached hydrogen (secondary N) is 1. The molecule has 0 spiro atoms. The van der Waals surface area contributed by atoms with Gasteiger partial charge in [0.15, 0.2) is 5.82 Å². The van der Waals surface area contributed by atoms with Gasteiger partial charge in [-0.3, -0.25) is 0 Å². The van der Waals surface area contributed by atoms with Crippen molar-refractivity contribution >= 4 is 22.7 Å². The second-order valence-electron chi connectivity index (χ2n) is 7.66. The quantitative estimate of drug-likeness (QED) is 0.445. The highest BCUT2D eigenvalue weighted by Gasteiger charge is 2.24. The molecule has 0 amide bonds. The van der Waals surface area contributed by atoms with Gasteiger partial charge in [-0.25, -0.2) is 29.6 Å². The first-order valence-electron chi connectivity index (χ1n) is 10.3. The van der Waals surface area contributed by atoms with Crippen molar-refractivity contribution < 1.29 is 5.11 Å². The molecule has 0 aliphatic heterocycles. The Balaban J connectivity index is 1.59. The summed E-state index contributed by atoms with van der Waals surface area (Å²) in [5, 5.41) is 17.7. The zero-order valence-corrected chi connectivity index (χ0v) is 17.1. The van der Waals surface area contributed by atoms with Gasteiger partial charge in [0.1, 0.15) is 16.9 Å². The van der Waals surface area contributed by atoms with E-state index in [1.54, 1.807) is 35.5 Å². The fraction of sp³-hybridized carbons (Fsp3) is 0.333. The Morgan fingerprint density at radius 1 is 1.13 bits per heavy atom. The van der Waals surface area contributed by atoms with Gasteiger partial charge in [0, 0.05) is 42.0 Å². The van der Waals surface area contributed by atoms with Crippen molar-refractivity contribution in [3.63, 3.8) is 0 Å². The predicted molar refractivity (Wildman–Crippen MR) is 117 cm³/mol. The SMILES string of the molecule is CCc1nc2c(N)ncc(-c3cnn(-c4ncccn4)c3)c2nc1N[C@@H]1CC[C@H](O)C1. The lowest BCUT2D eigenvalue weighted by atomic mass is 10.1. The molecule has 4 aromatic heterocycles. The molecule has 158 valence electrons. The van der Waals surface area contributed by atoms with Gasteiger partial charge in [0.2, 0.25) is 5.95 Å². The van der Waals surface area contributed by atoms with Crippen molar-refractivity contribution in [2.45, 2.75) is 44.8 Å². The molecule has 4 aromatic rings.